The molecule has 0 radical (unpaired) electrons. The van der Waals surface area contributed by atoms with Crippen molar-refractivity contribution < 1.29 is 0 Å². The minimum atomic E-state index is 0.666. The van der Waals surface area contributed by atoms with Crippen LogP contribution in [-0.2, 0) is 6.54 Å². The number of likely N-dealkylation sites (tertiary alicyclic amines) is 1. The Labute approximate surface area is 118 Å². The zero-order valence-electron chi connectivity index (χ0n) is 10.9. The molecule has 2 unspecified atom stereocenters. The number of nitrogens with one attached hydrogen (secondary N) is 1. The molecular weight excluding hydrogens is 288 g/mol. The molecule has 98 valence electrons. The first kappa shape index (κ1) is 12.6. The van der Waals surface area contributed by atoms with E-state index in [0.717, 1.165) is 18.6 Å². The third-order valence-corrected chi connectivity index (χ3v) is 4.62. The van der Waals surface area contributed by atoms with Gasteiger partial charge in [0, 0.05) is 35.7 Å². The molecule has 1 aromatic rings. The maximum atomic E-state index is 3.71. The molecule has 3 rings (SSSR count). The van der Waals surface area contributed by atoms with Gasteiger partial charge < -0.3 is 5.32 Å². The number of rotatable bonds is 4. The lowest BCUT2D eigenvalue weighted by molar-refractivity contribution is 0.255. The Morgan fingerprint density at radius 2 is 2.22 bits per heavy atom. The fourth-order valence-electron chi connectivity index (χ4n) is 3.03. The van der Waals surface area contributed by atoms with Gasteiger partial charge in [-0.15, -0.1) is 0 Å². The van der Waals surface area contributed by atoms with Crippen LogP contribution in [-0.4, -0.2) is 29.6 Å². The van der Waals surface area contributed by atoms with Gasteiger partial charge in [-0.25, -0.2) is 0 Å². The van der Waals surface area contributed by atoms with Crippen LogP contribution in [0.15, 0.2) is 28.7 Å². The molecule has 2 fully saturated rings. The van der Waals surface area contributed by atoms with Crippen LogP contribution in [0.1, 0.15) is 31.7 Å². The molecule has 1 saturated carbocycles. The van der Waals surface area contributed by atoms with E-state index in [2.05, 4.69) is 57.3 Å². The van der Waals surface area contributed by atoms with Crippen LogP contribution in [0, 0.1) is 0 Å². The topological polar surface area (TPSA) is 15.3 Å². The van der Waals surface area contributed by atoms with Gasteiger partial charge in [-0.1, -0.05) is 28.1 Å². The summed E-state index contributed by atoms with van der Waals surface area (Å²) >= 11 is 3.53. The van der Waals surface area contributed by atoms with Gasteiger partial charge in [0.25, 0.3) is 0 Å². The minimum absolute atomic E-state index is 0.666. The zero-order chi connectivity index (χ0) is 12.5. The van der Waals surface area contributed by atoms with Gasteiger partial charge in [0.1, 0.15) is 0 Å². The van der Waals surface area contributed by atoms with Crippen molar-refractivity contribution in [2.45, 2.75) is 50.9 Å². The standard InChI is InChI=1S/C15H21BrN2/c1-11-7-14(10-18(11)15-5-6-15)17-9-12-3-2-4-13(16)8-12/h2-4,8,11,14-15,17H,5-7,9-10H2,1H3. The van der Waals surface area contributed by atoms with Crippen molar-refractivity contribution in [1.29, 1.82) is 0 Å². The molecule has 2 aliphatic rings. The van der Waals surface area contributed by atoms with Crippen molar-refractivity contribution >= 4 is 15.9 Å². The average molecular weight is 309 g/mol. The van der Waals surface area contributed by atoms with Crippen LogP contribution in [0.4, 0.5) is 0 Å². The summed E-state index contributed by atoms with van der Waals surface area (Å²) in [6.07, 6.45) is 4.13. The molecule has 1 aliphatic carbocycles. The summed E-state index contributed by atoms with van der Waals surface area (Å²) in [6, 6.07) is 10.9. The number of halogens is 1. The summed E-state index contributed by atoms with van der Waals surface area (Å²) in [7, 11) is 0. The van der Waals surface area contributed by atoms with E-state index in [9.17, 15) is 0 Å². The van der Waals surface area contributed by atoms with Crippen LogP contribution >= 0.6 is 15.9 Å². The summed E-state index contributed by atoms with van der Waals surface area (Å²) in [5, 5.41) is 3.71. The Morgan fingerprint density at radius 1 is 1.39 bits per heavy atom. The molecule has 1 N–H and O–H groups in total. The zero-order valence-corrected chi connectivity index (χ0v) is 12.5. The second kappa shape index (κ2) is 5.32. The Bertz CT molecular complexity index is 417. The van der Waals surface area contributed by atoms with E-state index >= 15 is 0 Å². The molecule has 1 aliphatic heterocycles. The van der Waals surface area contributed by atoms with Crippen molar-refractivity contribution in [2.24, 2.45) is 0 Å². The second-order valence-electron chi connectivity index (χ2n) is 5.72. The third kappa shape index (κ3) is 2.95. The van der Waals surface area contributed by atoms with Gasteiger partial charge in [-0.05, 0) is 43.9 Å². The Morgan fingerprint density at radius 3 is 2.94 bits per heavy atom. The fourth-order valence-corrected chi connectivity index (χ4v) is 3.47. The average Bonchev–Trinajstić information content (AvgIpc) is 3.11. The number of hydrogen-bond donors (Lipinski definition) is 1. The van der Waals surface area contributed by atoms with E-state index in [4.69, 9.17) is 0 Å². The fraction of sp³-hybridized carbons (Fsp3) is 0.600. The molecule has 2 atom stereocenters. The summed E-state index contributed by atoms with van der Waals surface area (Å²) in [5.41, 5.74) is 1.36. The third-order valence-electron chi connectivity index (χ3n) is 4.12. The van der Waals surface area contributed by atoms with E-state index in [0.29, 0.717) is 6.04 Å². The molecule has 18 heavy (non-hydrogen) atoms. The number of hydrogen-bond acceptors (Lipinski definition) is 2. The normalized spacial score (nSPS) is 28.8. The molecule has 3 heteroatoms. The van der Waals surface area contributed by atoms with Crippen LogP contribution < -0.4 is 5.32 Å². The molecule has 1 saturated heterocycles. The predicted octanol–water partition coefficient (Wildman–Crippen LogP) is 3.16. The molecule has 2 nitrogen and oxygen atoms in total. The minimum Gasteiger partial charge on any atom is -0.309 e. The maximum absolute atomic E-state index is 3.71. The van der Waals surface area contributed by atoms with Crippen LogP contribution in [0.5, 0.6) is 0 Å². The summed E-state index contributed by atoms with van der Waals surface area (Å²) in [6.45, 7) is 4.59. The van der Waals surface area contributed by atoms with E-state index < -0.39 is 0 Å². The highest BCUT2D eigenvalue weighted by molar-refractivity contribution is 9.10. The van der Waals surface area contributed by atoms with Gasteiger partial charge >= 0.3 is 0 Å². The van der Waals surface area contributed by atoms with Gasteiger partial charge in [-0.2, -0.15) is 0 Å². The van der Waals surface area contributed by atoms with Crippen molar-refractivity contribution in [1.82, 2.24) is 10.2 Å². The Balaban J connectivity index is 1.52. The van der Waals surface area contributed by atoms with Crippen molar-refractivity contribution in [3.8, 4) is 0 Å². The molecule has 0 amide bonds. The largest absolute Gasteiger partial charge is 0.309 e. The predicted molar refractivity (Wildman–Crippen MR) is 78.6 cm³/mol. The molecule has 1 heterocycles. The summed E-state index contributed by atoms with van der Waals surface area (Å²) in [4.78, 5) is 2.69. The Hall–Kier alpha value is -0.380. The van der Waals surface area contributed by atoms with Crippen LogP contribution in [0.2, 0.25) is 0 Å². The summed E-state index contributed by atoms with van der Waals surface area (Å²) < 4.78 is 1.17. The van der Waals surface area contributed by atoms with Gasteiger partial charge in [0.2, 0.25) is 0 Å². The maximum Gasteiger partial charge on any atom is 0.0213 e. The first-order valence-corrected chi connectivity index (χ1v) is 7.75. The smallest absolute Gasteiger partial charge is 0.0213 e. The summed E-state index contributed by atoms with van der Waals surface area (Å²) in [5.74, 6) is 0. The first-order valence-electron chi connectivity index (χ1n) is 6.96. The molecule has 0 bridgehead atoms. The second-order valence-corrected chi connectivity index (χ2v) is 6.64. The number of benzene rings is 1. The molecular formula is C15H21BrN2. The quantitative estimate of drug-likeness (QED) is 0.919. The van der Waals surface area contributed by atoms with Crippen LogP contribution in [0.3, 0.4) is 0 Å². The Kier molecular flexibility index (Phi) is 3.73. The van der Waals surface area contributed by atoms with Gasteiger partial charge in [0.05, 0.1) is 0 Å². The lowest BCUT2D eigenvalue weighted by atomic mass is 10.1. The van der Waals surface area contributed by atoms with Crippen molar-refractivity contribution in [3.63, 3.8) is 0 Å². The highest BCUT2D eigenvalue weighted by Crippen LogP contribution is 2.33. The number of nitrogens with zero attached hydrogens (tertiary/aromatic N) is 1. The van der Waals surface area contributed by atoms with E-state index in [1.807, 2.05) is 0 Å². The highest BCUT2D eigenvalue weighted by Gasteiger charge is 2.38. The van der Waals surface area contributed by atoms with Crippen molar-refractivity contribution in [3.05, 3.63) is 34.3 Å². The van der Waals surface area contributed by atoms with Gasteiger partial charge in [-0.3, -0.25) is 4.90 Å². The lowest BCUT2D eigenvalue weighted by Gasteiger charge is -2.19. The van der Waals surface area contributed by atoms with Gasteiger partial charge in [0.15, 0.2) is 0 Å². The molecule has 0 aromatic heterocycles. The van der Waals surface area contributed by atoms with Crippen LogP contribution in [0.25, 0.3) is 0 Å². The lowest BCUT2D eigenvalue weighted by Crippen LogP contribution is -2.33. The van der Waals surface area contributed by atoms with E-state index in [-0.39, 0.29) is 0 Å². The van der Waals surface area contributed by atoms with E-state index in [1.165, 1.54) is 35.8 Å². The first-order chi connectivity index (χ1) is 8.72. The monoisotopic (exact) mass is 308 g/mol. The highest BCUT2D eigenvalue weighted by atomic mass is 79.9. The van der Waals surface area contributed by atoms with Crippen molar-refractivity contribution in [2.75, 3.05) is 6.54 Å². The molecule has 0 spiro atoms. The molecule has 1 aromatic carbocycles. The SMILES string of the molecule is CC1CC(NCc2cccc(Br)c2)CN1C1CC1. The van der Waals surface area contributed by atoms with E-state index in [1.54, 1.807) is 0 Å².